The van der Waals surface area contributed by atoms with Gasteiger partial charge in [-0.2, -0.15) is 0 Å². The van der Waals surface area contributed by atoms with Gasteiger partial charge in [0.2, 0.25) is 0 Å². The molecular formula is C12H16N2O. The molecule has 1 fully saturated rings. The Bertz CT molecular complexity index is 366. The van der Waals surface area contributed by atoms with E-state index in [0.29, 0.717) is 12.1 Å². The van der Waals surface area contributed by atoms with Crippen LogP contribution in [0.3, 0.4) is 0 Å². The highest BCUT2D eigenvalue weighted by Gasteiger charge is 2.35. The lowest BCUT2D eigenvalue weighted by atomic mass is 10.1. The number of para-hydroxylation sites is 2. The van der Waals surface area contributed by atoms with Crippen LogP contribution in [0.2, 0.25) is 0 Å². The summed E-state index contributed by atoms with van der Waals surface area (Å²) < 4.78 is 5.45. The maximum absolute atomic E-state index is 5.45. The van der Waals surface area contributed by atoms with Gasteiger partial charge in [0.1, 0.15) is 0 Å². The smallest absolute Gasteiger partial charge is 0.0766 e. The predicted molar refractivity (Wildman–Crippen MR) is 61.5 cm³/mol. The monoisotopic (exact) mass is 204 g/mol. The lowest BCUT2D eigenvalue weighted by Crippen LogP contribution is -2.39. The van der Waals surface area contributed by atoms with Crippen molar-refractivity contribution in [2.75, 3.05) is 30.4 Å². The molecule has 0 saturated carbocycles. The number of benzene rings is 1. The lowest BCUT2D eigenvalue weighted by molar-refractivity contribution is 0.118. The molecule has 0 bridgehead atoms. The molecule has 0 radical (unpaired) electrons. The van der Waals surface area contributed by atoms with E-state index in [0.717, 1.165) is 19.5 Å². The first-order chi connectivity index (χ1) is 7.38. The fraction of sp³-hybridized carbons (Fsp3) is 0.500. The fourth-order valence-electron chi connectivity index (χ4n) is 2.63. The van der Waals surface area contributed by atoms with E-state index in [1.807, 2.05) is 7.11 Å². The Morgan fingerprint density at radius 1 is 1.40 bits per heavy atom. The summed E-state index contributed by atoms with van der Waals surface area (Å²) in [6.45, 7) is 2.07. The van der Waals surface area contributed by atoms with Gasteiger partial charge < -0.3 is 15.0 Å². The highest BCUT2D eigenvalue weighted by molar-refractivity contribution is 5.73. The van der Waals surface area contributed by atoms with Crippen LogP contribution in [0.5, 0.6) is 0 Å². The largest absolute Gasteiger partial charge is 0.381 e. The first kappa shape index (κ1) is 9.04. The zero-order chi connectivity index (χ0) is 10.3. The van der Waals surface area contributed by atoms with E-state index < -0.39 is 0 Å². The highest BCUT2D eigenvalue weighted by Crippen LogP contribution is 2.36. The summed E-state index contributed by atoms with van der Waals surface area (Å²) in [5, 5.41) is 3.48. The molecule has 2 unspecified atom stereocenters. The van der Waals surface area contributed by atoms with E-state index in [4.69, 9.17) is 4.74 Å². The SMILES string of the molecule is COC1CC2CNc3ccccc3N2C1. The number of rotatable bonds is 1. The van der Waals surface area contributed by atoms with Crippen LogP contribution in [0, 0.1) is 0 Å². The molecule has 80 valence electrons. The predicted octanol–water partition coefficient (Wildman–Crippen LogP) is 1.71. The van der Waals surface area contributed by atoms with Gasteiger partial charge in [0.15, 0.2) is 0 Å². The van der Waals surface area contributed by atoms with Crippen LogP contribution in [-0.2, 0) is 4.74 Å². The summed E-state index contributed by atoms with van der Waals surface area (Å²) in [7, 11) is 1.81. The van der Waals surface area contributed by atoms with E-state index in [1.54, 1.807) is 0 Å². The molecule has 2 heterocycles. The number of anilines is 2. The molecule has 2 atom stereocenters. The first-order valence-corrected chi connectivity index (χ1v) is 5.51. The molecule has 0 amide bonds. The van der Waals surface area contributed by atoms with Crippen molar-refractivity contribution in [3.05, 3.63) is 24.3 Å². The normalized spacial score (nSPS) is 28.2. The minimum atomic E-state index is 0.392. The Morgan fingerprint density at radius 3 is 3.13 bits per heavy atom. The Morgan fingerprint density at radius 2 is 2.27 bits per heavy atom. The maximum Gasteiger partial charge on any atom is 0.0766 e. The van der Waals surface area contributed by atoms with Crippen molar-refractivity contribution in [1.29, 1.82) is 0 Å². The van der Waals surface area contributed by atoms with Crippen LogP contribution in [0.4, 0.5) is 11.4 Å². The van der Waals surface area contributed by atoms with Crippen LogP contribution in [-0.4, -0.2) is 32.3 Å². The molecule has 2 aliphatic heterocycles. The number of hydrogen-bond donors (Lipinski definition) is 1. The van der Waals surface area contributed by atoms with Gasteiger partial charge in [-0.1, -0.05) is 12.1 Å². The molecule has 1 aromatic rings. The average molecular weight is 204 g/mol. The van der Waals surface area contributed by atoms with Gasteiger partial charge >= 0.3 is 0 Å². The minimum absolute atomic E-state index is 0.392. The van der Waals surface area contributed by atoms with Crippen LogP contribution >= 0.6 is 0 Å². The summed E-state index contributed by atoms with van der Waals surface area (Å²) in [5.74, 6) is 0. The third-order valence-electron chi connectivity index (χ3n) is 3.45. The van der Waals surface area contributed by atoms with Crippen molar-refractivity contribution in [2.45, 2.75) is 18.6 Å². The second-order valence-electron chi connectivity index (χ2n) is 4.30. The maximum atomic E-state index is 5.45. The summed E-state index contributed by atoms with van der Waals surface area (Å²) in [6, 6.07) is 9.11. The van der Waals surface area contributed by atoms with E-state index in [9.17, 15) is 0 Å². The number of nitrogens with zero attached hydrogens (tertiary/aromatic N) is 1. The van der Waals surface area contributed by atoms with E-state index in [2.05, 4.69) is 34.5 Å². The van der Waals surface area contributed by atoms with Gasteiger partial charge in [0.05, 0.1) is 17.5 Å². The second kappa shape index (κ2) is 3.42. The Balaban J connectivity index is 1.93. The van der Waals surface area contributed by atoms with Gasteiger partial charge in [-0.25, -0.2) is 0 Å². The third kappa shape index (κ3) is 1.38. The Hall–Kier alpha value is -1.22. The van der Waals surface area contributed by atoms with Gasteiger partial charge in [-0.15, -0.1) is 0 Å². The van der Waals surface area contributed by atoms with Crippen LogP contribution in [0.25, 0.3) is 0 Å². The molecule has 1 saturated heterocycles. The van der Waals surface area contributed by atoms with Crippen molar-refractivity contribution < 1.29 is 4.74 Å². The molecule has 1 aromatic carbocycles. The molecule has 0 spiro atoms. The molecule has 15 heavy (non-hydrogen) atoms. The van der Waals surface area contributed by atoms with Crippen LogP contribution in [0.1, 0.15) is 6.42 Å². The summed E-state index contributed by atoms with van der Waals surface area (Å²) in [4.78, 5) is 2.47. The van der Waals surface area contributed by atoms with Crippen molar-refractivity contribution in [3.63, 3.8) is 0 Å². The highest BCUT2D eigenvalue weighted by atomic mass is 16.5. The van der Waals surface area contributed by atoms with Gasteiger partial charge in [0.25, 0.3) is 0 Å². The zero-order valence-electron chi connectivity index (χ0n) is 8.94. The number of methoxy groups -OCH3 is 1. The number of ether oxygens (including phenoxy) is 1. The first-order valence-electron chi connectivity index (χ1n) is 5.51. The standard InChI is InChI=1S/C12H16N2O/c1-15-10-6-9-7-13-11-4-2-3-5-12(11)14(9)8-10/h2-5,9-10,13H,6-8H2,1H3. The van der Waals surface area contributed by atoms with E-state index >= 15 is 0 Å². The van der Waals surface area contributed by atoms with Crippen molar-refractivity contribution in [2.24, 2.45) is 0 Å². The topological polar surface area (TPSA) is 24.5 Å². The third-order valence-corrected chi connectivity index (χ3v) is 3.45. The quantitative estimate of drug-likeness (QED) is 0.753. The molecule has 1 N–H and O–H groups in total. The second-order valence-corrected chi connectivity index (χ2v) is 4.30. The lowest BCUT2D eigenvalue weighted by Gasteiger charge is -2.34. The Labute approximate surface area is 90.0 Å². The Kier molecular flexibility index (Phi) is 2.06. The molecule has 2 aliphatic rings. The summed E-state index contributed by atoms with van der Waals surface area (Å²) in [6.07, 6.45) is 1.53. The number of fused-ring (bicyclic) bond motifs is 3. The van der Waals surface area contributed by atoms with E-state index in [-0.39, 0.29) is 0 Å². The molecule has 3 rings (SSSR count). The number of nitrogens with one attached hydrogen (secondary N) is 1. The van der Waals surface area contributed by atoms with E-state index in [1.165, 1.54) is 11.4 Å². The van der Waals surface area contributed by atoms with Gasteiger partial charge in [-0.3, -0.25) is 0 Å². The molecular weight excluding hydrogens is 188 g/mol. The fourth-order valence-corrected chi connectivity index (χ4v) is 2.63. The van der Waals surface area contributed by atoms with Gasteiger partial charge in [-0.05, 0) is 18.6 Å². The number of hydrogen-bond acceptors (Lipinski definition) is 3. The molecule has 0 aromatic heterocycles. The van der Waals surface area contributed by atoms with Gasteiger partial charge in [0, 0.05) is 26.2 Å². The minimum Gasteiger partial charge on any atom is -0.381 e. The summed E-state index contributed by atoms with van der Waals surface area (Å²) in [5.41, 5.74) is 2.58. The average Bonchev–Trinajstić information content (AvgIpc) is 2.72. The summed E-state index contributed by atoms with van der Waals surface area (Å²) >= 11 is 0. The van der Waals surface area contributed by atoms with Crippen LogP contribution < -0.4 is 10.2 Å². The van der Waals surface area contributed by atoms with Crippen LogP contribution in [0.15, 0.2) is 24.3 Å². The molecule has 3 nitrogen and oxygen atoms in total. The molecule has 3 heteroatoms. The molecule has 0 aliphatic carbocycles. The zero-order valence-corrected chi connectivity index (χ0v) is 8.94. The van der Waals surface area contributed by atoms with Crippen molar-refractivity contribution >= 4 is 11.4 Å². The van der Waals surface area contributed by atoms with Crippen molar-refractivity contribution in [1.82, 2.24) is 0 Å². The van der Waals surface area contributed by atoms with Crippen molar-refractivity contribution in [3.8, 4) is 0 Å².